The maximum atomic E-state index is 9.44. The van der Waals surface area contributed by atoms with E-state index in [0.717, 1.165) is 0 Å². The van der Waals surface area contributed by atoms with E-state index >= 15 is 0 Å². The lowest BCUT2D eigenvalue weighted by molar-refractivity contribution is 0.328. The maximum absolute atomic E-state index is 9.44. The molecule has 0 radical (unpaired) electrons. The monoisotopic (exact) mass is 187 g/mol. The fourth-order valence-electron chi connectivity index (χ4n) is 0.0417. The topological polar surface area (TPSA) is 46.5 Å². The first-order valence-electron chi connectivity index (χ1n) is 3.04. The van der Waals surface area contributed by atoms with E-state index < -0.39 is 8.25 Å². The number of hydrogen-bond acceptors (Lipinski definition) is 2. The van der Waals surface area contributed by atoms with Crippen LogP contribution in [0.4, 0.5) is 0 Å². The molecule has 0 saturated carbocycles. The number of alkyl halides is 1. The molecule has 1 unspecified atom stereocenters. The largest absolute Gasteiger partial charge is 0.695 e. The fraction of sp³-hybridized carbons (Fsp3) is 1.00. The first kappa shape index (κ1) is 12.9. The molecule has 0 aromatic heterocycles. The van der Waals surface area contributed by atoms with Crippen molar-refractivity contribution in [3.05, 3.63) is 0 Å². The van der Waals surface area contributed by atoms with Crippen molar-refractivity contribution in [2.24, 2.45) is 0 Å². The zero-order valence-electron chi connectivity index (χ0n) is 6.21. The lowest BCUT2D eigenvalue weighted by atomic mass is 10.4. The third kappa shape index (κ3) is 23.9. The van der Waals surface area contributed by atoms with Crippen LogP contribution in [0.1, 0.15) is 26.7 Å². The summed E-state index contributed by atoms with van der Waals surface area (Å²) in [5.41, 5.74) is 0. The van der Waals surface area contributed by atoms with Crippen LogP contribution in [0.5, 0.6) is 0 Å². The van der Waals surface area contributed by atoms with Crippen molar-refractivity contribution in [3.63, 3.8) is 0 Å². The van der Waals surface area contributed by atoms with E-state index in [4.69, 9.17) is 16.5 Å². The van der Waals surface area contributed by atoms with Crippen LogP contribution in [-0.4, -0.2) is 11.0 Å². The minimum absolute atomic E-state index is 0.230. The van der Waals surface area contributed by atoms with Gasteiger partial charge in [0.25, 0.3) is 0 Å². The molecule has 1 atom stereocenters. The van der Waals surface area contributed by atoms with Gasteiger partial charge in [0.1, 0.15) is 0 Å². The van der Waals surface area contributed by atoms with Gasteiger partial charge in [0.15, 0.2) is 6.07 Å². The van der Waals surface area contributed by atoms with Gasteiger partial charge in [0.05, 0.1) is 0 Å². The summed E-state index contributed by atoms with van der Waals surface area (Å²) >= 11 is 4.83. The van der Waals surface area contributed by atoms with Crippen molar-refractivity contribution in [2.75, 3.05) is 6.07 Å². The van der Waals surface area contributed by atoms with Crippen LogP contribution in [-0.2, 0) is 9.09 Å². The molecule has 0 aromatic rings. The standard InChI is InChI=1S/C4H10.CH2ClO3P/c1-3-4-2;2-1-5-6(3)4/h3-4H2,1-2H3;1H2/p+1. The minimum Gasteiger partial charge on any atom is -0.133 e. The van der Waals surface area contributed by atoms with Gasteiger partial charge in [-0.1, -0.05) is 38.3 Å². The predicted molar refractivity (Wildman–Crippen MR) is 42.2 cm³/mol. The highest BCUT2D eigenvalue weighted by Gasteiger charge is 2.07. The van der Waals surface area contributed by atoms with E-state index in [2.05, 4.69) is 18.4 Å². The lowest BCUT2D eigenvalue weighted by Gasteiger charge is -1.68. The second kappa shape index (κ2) is 12.0. The van der Waals surface area contributed by atoms with E-state index in [9.17, 15) is 4.57 Å². The third-order valence-electron chi connectivity index (χ3n) is 0.659. The third-order valence-corrected chi connectivity index (χ3v) is 1.27. The van der Waals surface area contributed by atoms with Crippen molar-refractivity contribution in [2.45, 2.75) is 26.7 Å². The Labute approximate surface area is 67.3 Å². The average Bonchev–Trinajstić information content (AvgIpc) is 1.89. The molecule has 0 aliphatic carbocycles. The highest BCUT2D eigenvalue weighted by atomic mass is 35.5. The Balaban J connectivity index is 0. The maximum Gasteiger partial charge on any atom is 0.695 e. The van der Waals surface area contributed by atoms with Gasteiger partial charge < -0.3 is 0 Å². The Morgan fingerprint density at radius 1 is 1.50 bits per heavy atom. The Bertz CT molecular complexity index is 77.3. The van der Waals surface area contributed by atoms with E-state index in [1.165, 1.54) is 12.8 Å². The highest BCUT2D eigenvalue weighted by Crippen LogP contribution is 2.13. The molecule has 0 aliphatic heterocycles. The molecular formula is C5H13ClO3P+. The van der Waals surface area contributed by atoms with Gasteiger partial charge in [0.2, 0.25) is 0 Å². The normalized spacial score (nSPS) is 9.80. The molecule has 0 bridgehead atoms. The molecule has 0 amide bonds. The average molecular weight is 188 g/mol. The molecule has 0 aromatic carbocycles. The van der Waals surface area contributed by atoms with Gasteiger partial charge in [-0.2, -0.15) is 0 Å². The van der Waals surface area contributed by atoms with Crippen molar-refractivity contribution in [1.82, 2.24) is 0 Å². The first-order valence-corrected chi connectivity index (χ1v) is 4.70. The molecule has 0 heterocycles. The number of halogens is 1. The SMILES string of the molecule is CCCC.O=[P+](O)OCCl. The summed E-state index contributed by atoms with van der Waals surface area (Å²) in [6.45, 7) is 4.36. The van der Waals surface area contributed by atoms with Gasteiger partial charge in [-0.25, -0.2) is 0 Å². The quantitative estimate of drug-likeness (QED) is 0.546. The van der Waals surface area contributed by atoms with Crippen molar-refractivity contribution < 1.29 is 14.0 Å². The highest BCUT2D eigenvalue weighted by molar-refractivity contribution is 7.32. The Morgan fingerprint density at radius 2 is 1.90 bits per heavy atom. The minimum atomic E-state index is -2.48. The van der Waals surface area contributed by atoms with E-state index in [0.29, 0.717) is 0 Å². The summed E-state index contributed by atoms with van der Waals surface area (Å²) in [5, 5.41) is 0. The summed E-state index contributed by atoms with van der Waals surface area (Å²) in [6, 6.07) is -0.230. The molecule has 0 rings (SSSR count). The molecular weight excluding hydrogens is 174 g/mol. The molecule has 0 spiro atoms. The van der Waals surface area contributed by atoms with Crippen molar-refractivity contribution in [3.8, 4) is 0 Å². The smallest absolute Gasteiger partial charge is 0.133 e. The van der Waals surface area contributed by atoms with Gasteiger partial charge in [-0.3, -0.25) is 0 Å². The summed E-state index contributed by atoms with van der Waals surface area (Å²) in [7, 11) is -2.48. The zero-order valence-corrected chi connectivity index (χ0v) is 7.86. The van der Waals surface area contributed by atoms with Crippen molar-refractivity contribution in [1.29, 1.82) is 0 Å². The van der Waals surface area contributed by atoms with E-state index in [1.807, 2.05) is 0 Å². The van der Waals surface area contributed by atoms with Crippen LogP contribution in [0.15, 0.2) is 0 Å². The number of unbranched alkanes of at least 4 members (excludes halogenated alkanes) is 1. The molecule has 0 aliphatic rings. The van der Waals surface area contributed by atoms with E-state index in [1.54, 1.807) is 0 Å². The van der Waals surface area contributed by atoms with Crippen LogP contribution < -0.4 is 0 Å². The summed E-state index contributed by atoms with van der Waals surface area (Å²) < 4.78 is 13.3. The second-order valence-electron chi connectivity index (χ2n) is 1.48. The second-order valence-corrected chi connectivity index (χ2v) is 2.43. The van der Waals surface area contributed by atoms with Crippen LogP contribution in [0.25, 0.3) is 0 Å². The Kier molecular flexibility index (Phi) is 15.6. The van der Waals surface area contributed by atoms with Crippen molar-refractivity contribution >= 4 is 19.9 Å². The molecule has 1 N–H and O–H groups in total. The first-order chi connectivity index (χ1) is 4.68. The summed E-state index contributed by atoms with van der Waals surface area (Å²) in [5.74, 6) is 0. The van der Waals surface area contributed by atoms with Crippen LogP contribution in [0, 0.1) is 0 Å². The Morgan fingerprint density at radius 3 is 1.90 bits per heavy atom. The molecule has 3 nitrogen and oxygen atoms in total. The van der Waals surface area contributed by atoms with Gasteiger partial charge >= 0.3 is 8.25 Å². The summed E-state index contributed by atoms with van der Waals surface area (Å²) in [4.78, 5) is 7.75. The lowest BCUT2D eigenvalue weighted by Crippen LogP contribution is -1.68. The summed E-state index contributed by atoms with van der Waals surface area (Å²) in [6.07, 6.45) is 2.64. The molecule has 0 saturated heterocycles. The van der Waals surface area contributed by atoms with Crippen LogP contribution in [0.3, 0.4) is 0 Å². The number of hydrogen-bond donors (Lipinski definition) is 1. The zero-order chi connectivity index (χ0) is 8.41. The molecule has 0 fully saturated rings. The van der Waals surface area contributed by atoms with Gasteiger partial charge in [-0.15, -0.1) is 9.42 Å². The molecule has 62 valence electrons. The van der Waals surface area contributed by atoms with Crippen LogP contribution in [0.2, 0.25) is 0 Å². The molecule has 5 heteroatoms. The fourth-order valence-corrected chi connectivity index (χ4v) is 0.376. The predicted octanol–water partition coefficient (Wildman–Crippen LogP) is 2.66. The number of rotatable bonds is 3. The Hall–Kier alpha value is 0.310. The van der Waals surface area contributed by atoms with Gasteiger partial charge in [0, 0.05) is 4.57 Å². The van der Waals surface area contributed by atoms with Gasteiger partial charge in [-0.05, 0) is 0 Å². The van der Waals surface area contributed by atoms with Crippen LogP contribution >= 0.6 is 19.9 Å². The molecule has 10 heavy (non-hydrogen) atoms. The van der Waals surface area contributed by atoms with E-state index in [-0.39, 0.29) is 6.07 Å².